The lowest BCUT2D eigenvalue weighted by atomic mass is 9.96. The molecule has 1 amide bonds. The lowest BCUT2D eigenvalue weighted by Crippen LogP contribution is -2.32. The predicted molar refractivity (Wildman–Crippen MR) is 139 cm³/mol. The molecule has 0 fully saturated rings. The van der Waals surface area contributed by atoms with Gasteiger partial charge in [0.05, 0.1) is 0 Å². The highest BCUT2D eigenvalue weighted by molar-refractivity contribution is 5.94. The number of nitrogens with two attached hydrogens (primary N) is 1. The van der Waals surface area contributed by atoms with E-state index in [1.54, 1.807) is 24.3 Å². The molecule has 0 spiro atoms. The van der Waals surface area contributed by atoms with Crippen molar-refractivity contribution in [2.24, 2.45) is 11.7 Å². The van der Waals surface area contributed by atoms with Gasteiger partial charge in [-0.1, -0.05) is 73.7 Å². The molecule has 184 valence electrons. The van der Waals surface area contributed by atoms with Gasteiger partial charge in [-0.05, 0) is 54.5 Å². The second-order valence-corrected chi connectivity index (χ2v) is 9.04. The van der Waals surface area contributed by atoms with E-state index in [0.29, 0.717) is 18.7 Å². The fourth-order valence-electron chi connectivity index (χ4n) is 3.95. The van der Waals surface area contributed by atoms with E-state index in [2.05, 4.69) is 34.9 Å². The van der Waals surface area contributed by atoms with Gasteiger partial charge in [0.15, 0.2) is 0 Å². The lowest BCUT2D eigenvalue weighted by Gasteiger charge is -2.21. The molecule has 0 heterocycles. The van der Waals surface area contributed by atoms with Gasteiger partial charge in [-0.2, -0.15) is 0 Å². The van der Waals surface area contributed by atoms with Gasteiger partial charge in [-0.25, -0.2) is 4.39 Å². The van der Waals surface area contributed by atoms with Crippen LogP contribution in [-0.4, -0.2) is 17.8 Å². The molecule has 5 nitrogen and oxygen atoms in total. The average Bonchev–Trinajstić information content (AvgIpc) is 2.88. The van der Waals surface area contributed by atoms with Crippen LogP contribution in [0, 0.1) is 17.1 Å². The number of benzene rings is 3. The summed E-state index contributed by atoms with van der Waals surface area (Å²) in [5, 5.41) is 14.1. The zero-order valence-electron chi connectivity index (χ0n) is 20.3. The summed E-state index contributed by atoms with van der Waals surface area (Å²) in [6.07, 6.45) is 3.56. The third-order valence-corrected chi connectivity index (χ3v) is 6.26. The normalized spacial score (nSPS) is 12.6. The second kappa shape index (κ2) is 13.4. The highest BCUT2D eigenvalue weighted by Gasteiger charge is 2.16. The molecule has 5 N–H and O–H groups in total. The molecule has 3 rings (SSSR count). The molecule has 0 saturated carbocycles. The Hall–Kier alpha value is -3.51. The molecule has 0 saturated heterocycles. The summed E-state index contributed by atoms with van der Waals surface area (Å²) in [5.41, 5.74) is 9.46. The Morgan fingerprint density at radius 2 is 1.49 bits per heavy atom. The smallest absolute Gasteiger partial charge is 0.223 e. The molecule has 0 unspecified atom stereocenters. The molecule has 0 bridgehead atoms. The number of amides is 1. The lowest BCUT2D eigenvalue weighted by molar-refractivity contribution is -0.124. The van der Waals surface area contributed by atoms with Crippen molar-refractivity contribution in [3.8, 4) is 0 Å². The molecule has 0 radical (unpaired) electrons. The van der Waals surface area contributed by atoms with Gasteiger partial charge >= 0.3 is 0 Å². The standard InChI is InChI=1S/C29H35FN4O/c1-21(29(35)34-20-23-8-13-25(14-9-23)28(31)32)7-17-27(18-12-22-5-3-2-4-6-22)33-19-24-10-15-26(30)16-11-24/h2-6,8-11,13-16,21,27,33H,7,12,17-20H2,1H3,(H3,31,32)(H,34,35)/t21-,27+/m1/s1. The Bertz CT molecular complexity index is 1070. The molecule has 3 aromatic carbocycles. The largest absolute Gasteiger partial charge is 0.384 e. The summed E-state index contributed by atoms with van der Waals surface area (Å²) in [6, 6.07) is 24.5. The summed E-state index contributed by atoms with van der Waals surface area (Å²) in [5.74, 6) is -0.285. The van der Waals surface area contributed by atoms with Crippen LogP contribution in [0.25, 0.3) is 0 Å². The number of hydrogen-bond donors (Lipinski definition) is 4. The van der Waals surface area contributed by atoms with Crippen LogP contribution in [0.1, 0.15) is 48.4 Å². The summed E-state index contributed by atoms with van der Waals surface area (Å²) in [6.45, 7) is 3.07. The first-order chi connectivity index (χ1) is 16.9. The van der Waals surface area contributed by atoms with E-state index in [9.17, 15) is 9.18 Å². The van der Waals surface area contributed by atoms with Crippen LogP contribution in [-0.2, 0) is 24.3 Å². The fraction of sp³-hybridized carbons (Fsp3) is 0.310. The molecule has 35 heavy (non-hydrogen) atoms. The van der Waals surface area contributed by atoms with E-state index < -0.39 is 0 Å². The van der Waals surface area contributed by atoms with Crippen molar-refractivity contribution in [3.63, 3.8) is 0 Å². The molecular weight excluding hydrogens is 439 g/mol. The molecule has 0 aliphatic rings. The minimum absolute atomic E-state index is 0.0287. The fourth-order valence-corrected chi connectivity index (χ4v) is 3.95. The van der Waals surface area contributed by atoms with Crippen molar-refractivity contribution in [1.82, 2.24) is 10.6 Å². The summed E-state index contributed by atoms with van der Waals surface area (Å²) >= 11 is 0. The highest BCUT2D eigenvalue weighted by Crippen LogP contribution is 2.15. The second-order valence-electron chi connectivity index (χ2n) is 9.04. The van der Waals surface area contributed by atoms with E-state index in [4.69, 9.17) is 11.1 Å². The van der Waals surface area contributed by atoms with Crippen LogP contribution in [0.4, 0.5) is 4.39 Å². The Morgan fingerprint density at radius 3 is 2.14 bits per heavy atom. The maximum absolute atomic E-state index is 13.2. The van der Waals surface area contributed by atoms with E-state index in [1.807, 2.05) is 25.1 Å². The van der Waals surface area contributed by atoms with Crippen molar-refractivity contribution < 1.29 is 9.18 Å². The third-order valence-electron chi connectivity index (χ3n) is 6.26. The first-order valence-electron chi connectivity index (χ1n) is 12.1. The van der Waals surface area contributed by atoms with E-state index in [1.165, 1.54) is 17.7 Å². The molecule has 2 atom stereocenters. The first-order valence-corrected chi connectivity index (χ1v) is 12.1. The zero-order valence-corrected chi connectivity index (χ0v) is 20.3. The predicted octanol–water partition coefficient (Wildman–Crippen LogP) is 4.93. The number of aryl methyl sites for hydroxylation is 1. The maximum atomic E-state index is 13.2. The van der Waals surface area contributed by atoms with Crippen LogP contribution in [0.3, 0.4) is 0 Å². The van der Waals surface area contributed by atoms with Crippen molar-refractivity contribution in [2.75, 3.05) is 0 Å². The first kappa shape index (κ1) is 26.1. The maximum Gasteiger partial charge on any atom is 0.223 e. The van der Waals surface area contributed by atoms with E-state index >= 15 is 0 Å². The van der Waals surface area contributed by atoms with Gasteiger partial charge < -0.3 is 16.4 Å². The van der Waals surface area contributed by atoms with Gasteiger partial charge in [-0.15, -0.1) is 0 Å². The molecule has 0 aliphatic heterocycles. The SMILES string of the molecule is C[C@H](CC[C@@H](CCc1ccccc1)NCc1ccc(F)cc1)C(=O)NCc1ccc(C(=N)N)cc1. The average molecular weight is 475 g/mol. The molecule has 0 aromatic heterocycles. The van der Waals surface area contributed by atoms with Crippen molar-refractivity contribution >= 4 is 11.7 Å². The van der Waals surface area contributed by atoms with Crippen LogP contribution in [0.5, 0.6) is 0 Å². The Morgan fingerprint density at radius 1 is 0.857 bits per heavy atom. The topological polar surface area (TPSA) is 91.0 Å². The van der Waals surface area contributed by atoms with Gasteiger partial charge in [0, 0.05) is 30.6 Å². The van der Waals surface area contributed by atoms with Crippen molar-refractivity contribution in [2.45, 2.75) is 51.7 Å². The monoisotopic (exact) mass is 474 g/mol. The number of nitrogens with one attached hydrogen (secondary N) is 3. The van der Waals surface area contributed by atoms with E-state index in [-0.39, 0.29) is 29.5 Å². The van der Waals surface area contributed by atoms with Crippen LogP contribution in [0.2, 0.25) is 0 Å². The summed E-state index contributed by atoms with van der Waals surface area (Å²) in [4.78, 5) is 12.7. The molecule has 3 aromatic rings. The minimum Gasteiger partial charge on any atom is -0.384 e. The number of halogens is 1. The van der Waals surface area contributed by atoms with Gasteiger partial charge in [0.2, 0.25) is 5.91 Å². The minimum atomic E-state index is -0.232. The number of carbonyl (C=O) groups excluding carboxylic acids is 1. The summed E-state index contributed by atoms with van der Waals surface area (Å²) in [7, 11) is 0. The Kier molecular flexibility index (Phi) is 9.99. The number of hydrogen-bond acceptors (Lipinski definition) is 3. The van der Waals surface area contributed by atoms with Crippen LogP contribution in [0.15, 0.2) is 78.9 Å². The van der Waals surface area contributed by atoms with Gasteiger partial charge in [0.25, 0.3) is 0 Å². The Balaban J connectivity index is 1.50. The highest BCUT2D eigenvalue weighted by atomic mass is 19.1. The van der Waals surface area contributed by atoms with Gasteiger partial charge in [-0.3, -0.25) is 10.2 Å². The quantitative estimate of drug-likeness (QED) is 0.209. The van der Waals surface area contributed by atoms with Gasteiger partial charge in [0.1, 0.15) is 11.7 Å². The van der Waals surface area contributed by atoms with Crippen LogP contribution >= 0.6 is 0 Å². The van der Waals surface area contributed by atoms with Crippen molar-refractivity contribution in [3.05, 3.63) is 107 Å². The van der Waals surface area contributed by atoms with Crippen molar-refractivity contribution in [1.29, 1.82) is 5.41 Å². The number of carbonyl (C=O) groups is 1. The Labute approximate surface area is 207 Å². The molecular formula is C29H35FN4O. The summed E-state index contributed by atoms with van der Waals surface area (Å²) < 4.78 is 13.2. The molecule has 0 aliphatic carbocycles. The third kappa shape index (κ3) is 8.98. The van der Waals surface area contributed by atoms with Crippen LogP contribution < -0.4 is 16.4 Å². The molecule has 6 heteroatoms. The zero-order chi connectivity index (χ0) is 25.0. The number of rotatable bonds is 13. The number of amidine groups is 1. The number of nitrogen functional groups attached to an aromatic ring is 1. The van der Waals surface area contributed by atoms with E-state index in [0.717, 1.165) is 36.8 Å².